The highest BCUT2D eigenvalue weighted by molar-refractivity contribution is 6.02. The van der Waals surface area contributed by atoms with E-state index < -0.39 is 12.0 Å². The Morgan fingerprint density at radius 1 is 1.18 bits per heavy atom. The third-order valence-electron chi connectivity index (χ3n) is 2.96. The fourth-order valence-corrected chi connectivity index (χ4v) is 1.79. The summed E-state index contributed by atoms with van der Waals surface area (Å²) < 4.78 is 10.2. The number of nitrogens with two attached hydrogens (primary N) is 1. The Kier molecular flexibility index (Phi) is 11.4. The third-order valence-corrected chi connectivity index (χ3v) is 2.96. The molecule has 1 unspecified atom stereocenters. The van der Waals surface area contributed by atoms with E-state index >= 15 is 0 Å². The van der Waals surface area contributed by atoms with Crippen molar-refractivity contribution < 1.29 is 19.1 Å². The molecule has 0 aromatic heterocycles. The van der Waals surface area contributed by atoms with Crippen LogP contribution in [0.15, 0.2) is 30.3 Å². The number of ketones is 1. The summed E-state index contributed by atoms with van der Waals surface area (Å²) >= 11 is 0. The van der Waals surface area contributed by atoms with Crippen molar-refractivity contribution in [3.8, 4) is 0 Å². The molecule has 0 aliphatic carbocycles. The Morgan fingerprint density at radius 2 is 1.86 bits per heavy atom. The highest BCUT2D eigenvalue weighted by atomic mass is 35.5. The SMILES string of the molecule is CCOC(=O)C(N)C(=O)CCCCOCc1ccccc1.Cl. The van der Waals surface area contributed by atoms with Crippen molar-refractivity contribution in [3.05, 3.63) is 35.9 Å². The van der Waals surface area contributed by atoms with Gasteiger partial charge in [0.05, 0.1) is 13.2 Å². The van der Waals surface area contributed by atoms with E-state index in [4.69, 9.17) is 15.2 Å². The van der Waals surface area contributed by atoms with Crippen molar-refractivity contribution in [2.45, 2.75) is 38.8 Å². The van der Waals surface area contributed by atoms with Crippen LogP contribution < -0.4 is 5.73 Å². The van der Waals surface area contributed by atoms with E-state index in [-0.39, 0.29) is 31.2 Å². The second kappa shape index (κ2) is 12.1. The summed E-state index contributed by atoms with van der Waals surface area (Å²) in [6.07, 6.45) is 1.68. The molecule has 0 amide bonds. The maximum atomic E-state index is 11.6. The standard InChI is InChI=1S/C16H23NO4.ClH/c1-2-21-16(19)15(17)14(18)10-6-7-11-20-12-13-8-4-3-5-9-13;/h3-5,8-9,15H,2,6-7,10-12,17H2,1H3;1H. The van der Waals surface area contributed by atoms with E-state index in [0.29, 0.717) is 19.6 Å². The zero-order chi connectivity index (χ0) is 15.5. The number of rotatable bonds is 10. The highest BCUT2D eigenvalue weighted by Crippen LogP contribution is 2.04. The van der Waals surface area contributed by atoms with Crippen molar-refractivity contribution in [2.75, 3.05) is 13.2 Å². The molecule has 1 atom stereocenters. The Balaban J connectivity index is 0.00000441. The van der Waals surface area contributed by atoms with Gasteiger partial charge in [-0.05, 0) is 25.3 Å². The Hall–Kier alpha value is -1.43. The minimum absolute atomic E-state index is 0. The lowest BCUT2D eigenvalue weighted by atomic mass is 10.1. The summed E-state index contributed by atoms with van der Waals surface area (Å²) in [5.74, 6) is -0.931. The van der Waals surface area contributed by atoms with Crippen molar-refractivity contribution >= 4 is 24.2 Å². The van der Waals surface area contributed by atoms with Gasteiger partial charge in [-0.3, -0.25) is 4.79 Å². The maximum Gasteiger partial charge on any atom is 0.330 e. The average molecular weight is 330 g/mol. The molecule has 0 aliphatic heterocycles. The lowest BCUT2D eigenvalue weighted by Crippen LogP contribution is -2.39. The molecule has 0 aliphatic rings. The van der Waals surface area contributed by atoms with Crippen LogP contribution in [0.25, 0.3) is 0 Å². The van der Waals surface area contributed by atoms with Gasteiger partial charge in [0.2, 0.25) is 0 Å². The monoisotopic (exact) mass is 329 g/mol. The first-order valence-corrected chi connectivity index (χ1v) is 7.21. The van der Waals surface area contributed by atoms with E-state index in [1.807, 2.05) is 30.3 Å². The van der Waals surface area contributed by atoms with E-state index in [2.05, 4.69) is 0 Å². The van der Waals surface area contributed by atoms with Crippen LogP contribution in [0.4, 0.5) is 0 Å². The van der Waals surface area contributed by atoms with Crippen LogP contribution in [0, 0.1) is 0 Å². The molecular weight excluding hydrogens is 306 g/mol. The lowest BCUT2D eigenvalue weighted by Gasteiger charge is -2.09. The van der Waals surface area contributed by atoms with E-state index in [1.54, 1.807) is 6.92 Å². The van der Waals surface area contributed by atoms with Crippen LogP contribution in [0.1, 0.15) is 31.7 Å². The first kappa shape index (κ1) is 20.6. The number of halogens is 1. The zero-order valence-corrected chi connectivity index (χ0v) is 13.6. The second-order valence-electron chi connectivity index (χ2n) is 4.69. The van der Waals surface area contributed by atoms with Crippen LogP contribution in [-0.2, 0) is 25.7 Å². The fourth-order valence-electron chi connectivity index (χ4n) is 1.79. The van der Waals surface area contributed by atoms with Gasteiger partial charge >= 0.3 is 5.97 Å². The van der Waals surface area contributed by atoms with Gasteiger partial charge in [-0.1, -0.05) is 30.3 Å². The van der Waals surface area contributed by atoms with Gasteiger partial charge in [0, 0.05) is 13.0 Å². The number of Topliss-reactive ketones (excluding diaryl/α,β-unsaturated/α-hetero) is 1. The van der Waals surface area contributed by atoms with Gasteiger partial charge in [0.15, 0.2) is 11.8 Å². The molecule has 0 fully saturated rings. The Morgan fingerprint density at radius 3 is 2.50 bits per heavy atom. The largest absolute Gasteiger partial charge is 0.464 e. The van der Waals surface area contributed by atoms with Gasteiger partial charge in [-0.25, -0.2) is 4.79 Å². The van der Waals surface area contributed by atoms with E-state index in [1.165, 1.54) is 0 Å². The number of carbonyl (C=O) groups excluding carboxylic acids is 2. The molecule has 0 saturated heterocycles. The third kappa shape index (κ3) is 8.12. The normalized spacial score (nSPS) is 11.4. The van der Waals surface area contributed by atoms with Crippen LogP contribution in [0.3, 0.4) is 0 Å². The van der Waals surface area contributed by atoms with E-state index in [9.17, 15) is 9.59 Å². The molecule has 5 nitrogen and oxygen atoms in total. The van der Waals surface area contributed by atoms with Crippen molar-refractivity contribution in [2.24, 2.45) is 5.73 Å². The van der Waals surface area contributed by atoms with Crippen LogP contribution >= 0.6 is 12.4 Å². The molecule has 0 heterocycles. The second-order valence-corrected chi connectivity index (χ2v) is 4.69. The quantitative estimate of drug-likeness (QED) is 0.404. The van der Waals surface area contributed by atoms with E-state index in [0.717, 1.165) is 12.0 Å². The zero-order valence-electron chi connectivity index (χ0n) is 12.8. The van der Waals surface area contributed by atoms with Crippen molar-refractivity contribution in [1.82, 2.24) is 0 Å². The molecule has 6 heteroatoms. The first-order chi connectivity index (χ1) is 10.1. The first-order valence-electron chi connectivity index (χ1n) is 7.21. The molecule has 1 aromatic carbocycles. The highest BCUT2D eigenvalue weighted by Gasteiger charge is 2.22. The number of esters is 1. The van der Waals surface area contributed by atoms with Crippen LogP contribution in [0.5, 0.6) is 0 Å². The predicted molar refractivity (Wildman–Crippen MR) is 86.8 cm³/mol. The summed E-state index contributed by atoms with van der Waals surface area (Å²) in [4.78, 5) is 22.9. The summed E-state index contributed by atoms with van der Waals surface area (Å²) in [5, 5.41) is 0. The van der Waals surface area contributed by atoms with Gasteiger partial charge < -0.3 is 15.2 Å². The molecule has 0 radical (unpaired) electrons. The number of ether oxygens (including phenoxy) is 2. The molecule has 0 saturated carbocycles. The number of hydrogen-bond donors (Lipinski definition) is 1. The Labute approximate surface area is 137 Å². The molecule has 1 aromatic rings. The number of unbranched alkanes of at least 4 members (excludes halogenated alkanes) is 1. The van der Waals surface area contributed by atoms with Crippen molar-refractivity contribution in [1.29, 1.82) is 0 Å². The summed E-state index contributed by atoms with van der Waals surface area (Å²) in [6.45, 7) is 3.06. The van der Waals surface area contributed by atoms with Crippen LogP contribution in [0.2, 0.25) is 0 Å². The van der Waals surface area contributed by atoms with Gasteiger partial charge in [-0.2, -0.15) is 0 Å². The van der Waals surface area contributed by atoms with Gasteiger partial charge in [0.1, 0.15) is 0 Å². The Bertz CT molecular complexity index is 439. The van der Waals surface area contributed by atoms with Gasteiger partial charge in [0.25, 0.3) is 0 Å². The maximum absolute atomic E-state index is 11.6. The number of hydrogen-bond acceptors (Lipinski definition) is 5. The smallest absolute Gasteiger partial charge is 0.330 e. The minimum atomic E-state index is -1.16. The van der Waals surface area contributed by atoms with Crippen molar-refractivity contribution in [3.63, 3.8) is 0 Å². The topological polar surface area (TPSA) is 78.6 Å². The molecular formula is C16H24ClNO4. The summed E-state index contributed by atoms with van der Waals surface area (Å²) in [5.41, 5.74) is 6.63. The van der Waals surface area contributed by atoms with Crippen LogP contribution in [-0.4, -0.2) is 31.0 Å². The molecule has 2 N–H and O–H groups in total. The predicted octanol–water partition coefficient (Wildman–Crippen LogP) is 2.25. The minimum Gasteiger partial charge on any atom is -0.464 e. The molecule has 0 bridgehead atoms. The number of benzene rings is 1. The summed E-state index contributed by atoms with van der Waals surface area (Å²) in [6, 6.07) is 8.74. The molecule has 22 heavy (non-hydrogen) atoms. The molecule has 124 valence electrons. The molecule has 0 spiro atoms. The van der Waals surface area contributed by atoms with Gasteiger partial charge in [-0.15, -0.1) is 12.4 Å². The molecule has 1 rings (SSSR count). The number of carbonyl (C=O) groups is 2. The summed E-state index contributed by atoms with van der Waals surface area (Å²) in [7, 11) is 0. The lowest BCUT2D eigenvalue weighted by molar-refractivity contribution is -0.147. The fraction of sp³-hybridized carbons (Fsp3) is 0.500. The average Bonchev–Trinajstić information content (AvgIpc) is 2.51.